The fourth-order valence-electron chi connectivity index (χ4n) is 2.29. The van der Waals surface area contributed by atoms with E-state index in [1.165, 1.54) is 4.44 Å². The first-order chi connectivity index (χ1) is 9.62. The molecule has 0 fully saturated rings. The molecule has 0 N–H and O–H groups in total. The van der Waals surface area contributed by atoms with E-state index in [1.54, 1.807) is 0 Å². The molecule has 1 aromatic heterocycles. The van der Waals surface area contributed by atoms with E-state index < -0.39 is 0 Å². The van der Waals surface area contributed by atoms with Gasteiger partial charge in [0.1, 0.15) is 0 Å². The van der Waals surface area contributed by atoms with Gasteiger partial charge in [0.15, 0.2) is 0 Å². The van der Waals surface area contributed by atoms with Crippen LogP contribution in [0.3, 0.4) is 0 Å². The van der Waals surface area contributed by atoms with Crippen molar-refractivity contribution in [2.45, 2.75) is 39.2 Å². The van der Waals surface area contributed by atoms with Gasteiger partial charge in [-0.05, 0) is 0 Å². The summed E-state index contributed by atoms with van der Waals surface area (Å²) in [6, 6.07) is 5.99. The molecule has 2 heterocycles. The average molecular weight is 337 g/mol. The Morgan fingerprint density at radius 2 is 2.20 bits per heavy atom. The van der Waals surface area contributed by atoms with Gasteiger partial charge in [0.2, 0.25) is 0 Å². The zero-order valence-electron chi connectivity index (χ0n) is 12.0. The molecular weight excluding hydrogens is 319 g/mol. The van der Waals surface area contributed by atoms with E-state index in [4.69, 9.17) is 9.47 Å². The quantitative estimate of drug-likeness (QED) is 0.635. The molecule has 1 aliphatic heterocycles. The van der Waals surface area contributed by atoms with E-state index >= 15 is 0 Å². The number of fused-ring (bicyclic) bond motifs is 3. The van der Waals surface area contributed by atoms with Gasteiger partial charge in [-0.15, -0.1) is 0 Å². The van der Waals surface area contributed by atoms with E-state index in [0.717, 1.165) is 42.2 Å². The molecule has 106 valence electrons. The van der Waals surface area contributed by atoms with Crippen molar-refractivity contribution in [3.63, 3.8) is 0 Å². The second-order valence-corrected chi connectivity index (χ2v) is 7.01. The van der Waals surface area contributed by atoms with Crippen LogP contribution in [0.4, 0.5) is 0 Å². The number of aromatic nitrogens is 2. The number of hydrogen-bond donors (Lipinski definition) is 0. The van der Waals surface area contributed by atoms with Crippen molar-refractivity contribution in [2.24, 2.45) is 0 Å². The summed E-state index contributed by atoms with van der Waals surface area (Å²) in [6.45, 7) is 7.06. The van der Waals surface area contributed by atoms with Gasteiger partial charge in [-0.1, -0.05) is 0 Å². The van der Waals surface area contributed by atoms with Gasteiger partial charge in [0, 0.05) is 0 Å². The normalized spacial score (nSPS) is 15.2. The van der Waals surface area contributed by atoms with E-state index in [1.807, 2.05) is 18.2 Å². The zero-order valence-corrected chi connectivity index (χ0v) is 13.7. The van der Waals surface area contributed by atoms with Crippen molar-refractivity contribution in [3.8, 4) is 22.8 Å². The van der Waals surface area contributed by atoms with Crippen molar-refractivity contribution < 1.29 is 9.47 Å². The number of unbranched alkanes of at least 4 members (excludes halogenated alkanes) is 1. The van der Waals surface area contributed by atoms with Gasteiger partial charge < -0.3 is 0 Å². The molecule has 1 aliphatic rings. The van der Waals surface area contributed by atoms with Gasteiger partial charge >= 0.3 is 125 Å². The number of ether oxygens (including phenoxy) is 2. The molecule has 5 heteroatoms. The summed E-state index contributed by atoms with van der Waals surface area (Å²) in [5, 5.41) is 4.31. The molecular formula is C15H18N2O2Se. The predicted octanol–water partition coefficient (Wildman–Crippen LogP) is 3.01. The molecule has 0 saturated carbocycles. The molecule has 4 nitrogen and oxygen atoms in total. The molecule has 0 atom stereocenters. The van der Waals surface area contributed by atoms with Crippen LogP contribution in [0, 0.1) is 0 Å². The maximum absolute atomic E-state index is 6.14. The minimum absolute atomic E-state index is 0.0623. The van der Waals surface area contributed by atoms with Gasteiger partial charge in [-0.25, -0.2) is 0 Å². The number of nitrogens with zero attached hydrogens (tertiary/aromatic N) is 2. The summed E-state index contributed by atoms with van der Waals surface area (Å²) >= 11 is 0.0623. The molecule has 3 rings (SSSR count). The average Bonchev–Trinajstić information content (AvgIpc) is 2.89. The van der Waals surface area contributed by atoms with Crippen LogP contribution in [0.2, 0.25) is 0 Å². The summed E-state index contributed by atoms with van der Waals surface area (Å²) in [4.78, 5) is 0. The topological polar surface area (TPSA) is 44.2 Å². The summed E-state index contributed by atoms with van der Waals surface area (Å²) in [7, 11) is 0. The van der Waals surface area contributed by atoms with Crippen LogP contribution in [-0.4, -0.2) is 30.5 Å². The number of hydrogen-bond acceptors (Lipinski definition) is 4. The molecule has 1 aromatic carbocycles. The zero-order chi connectivity index (χ0) is 14.2. The first kappa shape index (κ1) is 13.7. The second-order valence-electron chi connectivity index (χ2n) is 5.42. The Labute approximate surface area is 125 Å². The second kappa shape index (κ2) is 5.23. The number of rotatable bonds is 4. The van der Waals surface area contributed by atoms with Crippen molar-refractivity contribution >= 4 is 14.7 Å². The maximum atomic E-state index is 6.14. The summed E-state index contributed by atoms with van der Waals surface area (Å²) in [6.07, 6.45) is 2.20. The summed E-state index contributed by atoms with van der Waals surface area (Å²) in [5.41, 5.74) is 1.70. The Morgan fingerprint density at radius 1 is 1.35 bits per heavy atom. The Balaban J connectivity index is 1.94. The van der Waals surface area contributed by atoms with Crippen LogP contribution in [0.1, 0.15) is 38.1 Å². The Bertz CT molecular complexity index is 622. The molecule has 20 heavy (non-hydrogen) atoms. The standard InChI is InChI=1S/C15H18N2O2Se/c1-4-5-8-18-10-6-7-11-12(9-10)19-15(2,3)14-13(11)16-17-20-14/h6-7,9H,4-5,8H2,1-3H3. The van der Waals surface area contributed by atoms with Crippen LogP contribution in [0.25, 0.3) is 11.3 Å². The van der Waals surface area contributed by atoms with Gasteiger partial charge in [0.25, 0.3) is 0 Å². The van der Waals surface area contributed by atoms with Crippen molar-refractivity contribution in [1.82, 2.24) is 9.19 Å². The van der Waals surface area contributed by atoms with Crippen molar-refractivity contribution in [1.29, 1.82) is 0 Å². The van der Waals surface area contributed by atoms with Gasteiger partial charge in [-0.2, -0.15) is 0 Å². The van der Waals surface area contributed by atoms with Crippen LogP contribution in [0.5, 0.6) is 11.5 Å². The molecule has 0 radical (unpaired) electrons. The van der Waals surface area contributed by atoms with Crippen LogP contribution < -0.4 is 9.47 Å². The van der Waals surface area contributed by atoms with Crippen molar-refractivity contribution in [3.05, 3.63) is 22.6 Å². The first-order valence-electron chi connectivity index (χ1n) is 6.91. The van der Waals surface area contributed by atoms with Crippen LogP contribution >= 0.6 is 0 Å². The molecule has 0 aliphatic carbocycles. The third-order valence-corrected chi connectivity index (χ3v) is 5.54. The van der Waals surface area contributed by atoms with Gasteiger partial charge in [-0.3, -0.25) is 0 Å². The molecule has 0 saturated heterocycles. The summed E-state index contributed by atoms with van der Waals surface area (Å²) in [5.74, 6) is 1.71. The fourth-order valence-corrected chi connectivity index (χ4v) is 3.76. The predicted molar refractivity (Wildman–Crippen MR) is 78.5 cm³/mol. The van der Waals surface area contributed by atoms with Crippen molar-refractivity contribution in [2.75, 3.05) is 6.61 Å². The minimum atomic E-state index is -0.326. The van der Waals surface area contributed by atoms with E-state index in [2.05, 4.69) is 30.0 Å². The SMILES string of the molecule is CCCCOc1ccc2c(c1)OC(C)(C)c1[se]nnc1-2. The fraction of sp³-hybridized carbons (Fsp3) is 0.467. The first-order valence-corrected chi connectivity index (χ1v) is 8.53. The molecule has 2 aromatic rings. The number of benzene rings is 1. The Kier molecular flexibility index (Phi) is 3.57. The third-order valence-electron chi connectivity index (χ3n) is 3.37. The molecule has 0 spiro atoms. The summed E-state index contributed by atoms with van der Waals surface area (Å²) < 4.78 is 17.3. The van der Waals surface area contributed by atoms with Crippen LogP contribution in [-0.2, 0) is 5.60 Å². The van der Waals surface area contributed by atoms with E-state index in [-0.39, 0.29) is 20.3 Å². The van der Waals surface area contributed by atoms with Crippen LogP contribution in [0.15, 0.2) is 18.2 Å². The molecule has 0 unspecified atom stereocenters. The monoisotopic (exact) mass is 338 g/mol. The van der Waals surface area contributed by atoms with E-state index in [0.29, 0.717) is 0 Å². The van der Waals surface area contributed by atoms with Gasteiger partial charge in [0.05, 0.1) is 0 Å². The van der Waals surface area contributed by atoms with E-state index in [9.17, 15) is 0 Å². The Hall–Kier alpha value is -1.32. The third kappa shape index (κ3) is 2.36. The Morgan fingerprint density at radius 3 is 3.00 bits per heavy atom. The molecule has 0 bridgehead atoms. The molecule has 0 amide bonds.